The molecule has 34 heavy (non-hydrogen) atoms. The van der Waals surface area contributed by atoms with Gasteiger partial charge in [0.2, 0.25) is 0 Å². The van der Waals surface area contributed by atoms with E-state index in [1.807, 2.05) is 61.1 Å². The van der Waals surface area contributed by atoms with Crippen molar-refractivity contribution < 1.29 is 30.0 Å². The Hall–Kier alpha value is -4.46. The number of carbonyl (C=O) groups is 2. The molecule has 4 rings (SSSR count). The van der Waals surface area contributed by atoms with Crippen LogP contribution in [0.15, 0.2) is 60.7 Å². The highest BCUT2D eigenvalue weighted by atomic mass is 16.4. The molecule has 0 aliphatic heterocycles. The van der Waals surface area contributed by atoms with Gasteiger partial charge in [-0.15, -0.1) is 0 Å². The standard InChI is InChI=1S/2C13H13NO3/c1-8-3-4-9(2)14(8)10-5-6-12(15)11(7-10)13(16)17;1-8-3-4-9(2)14(8)10-5-6-11(13(16)17)12(15)7-10/h2*3-7,15H,1-2H3,(H,16,17). The third-order valence-corrected chi connectivity index (χ3v) is 5.48. The summed E-state index contributed by atoms with van der Waals surface area (Å²) in [5.74, 6) is -2.70. The van der Waals surface area contributed by atoms with Crippen LogP contribution in [0.5, 0.6) is 11.5 Å². The summed E-state index contributed by atoms with van der Waals surface area (Å²) in [7, 11) is 0. The van der Waals surface area contributed by atoms with Crippen molar-refractivity contribution in [3.05, 3.63) is 94.6 Å². The Bertz CT molecular complexity index is 1340. The van der Waals surface area contributed by atoms with Crippen molar-refractivity contribution in [2.24, 2.45) is 0 Å². The number of benzene rings is 2. The molecule has 0 spiro atoms. The lowest BCUT2D eigenvalue weighted by molar-refractivity contribution is 0.0682. The highest BCUT2D eigenvalue weighted by Crippen LogP contribution is 2.25. The van der Waals surface area contributed by atoms with Crippen molar-refractivity contribution >= 4 is 11.9 Å². The fourth-order valence-corrected chi connectivity index (χ4v) is 3.83. The van der Waals surface area contributed by atoms with Crippen LogP contribution in [0, 0.1) is 27.7 Å². The zero-order valence-electron chi connectivity index (χ0n) is 19.3. The van der Waals surface area contributed by atoms with E-state index in [-0.39, 0.29) is 22.6 Å². The van der Waals surface area contributed by atoms with Crippen LogP contribution in [0.25, 0.3) is 11.4 Å². The third kappa shape index (κ3) is 4.80. The molecule has 8 heteroatoms. The molecular weight excluding hydrogens is 436 g/mol. The molecule has 0 aliphatic carbocycles. The maximum atomic E-state index is 10.9. The smallest absolute Gasteiger partial charge is 0.339 e. The average molecular weight is 463 g/mol. The molecule has 4 aromatic rings. The van der Waals surface area contributed by atoms with Gasteiger partial charge in [0.25, 0.3) is 0 Å². The fourth-order valence-electron chi connectivity index (χ4n) is 3.83. The molecule has 0 atom stereocenters. The Morgan fingerprint density at radius 3 is 1.38 bits per heavy atom. The van der Waals surface area contributed by atoms with Gasteiger partial charge in [0.1, 0.15) is 22.6 Å². The first kappa shape index (κ1) is 24.2. The van der Waals surface area contributed by atoms with E-state index in [1.54, 1.807) is 12.1 Å². The van der Waals surface area contributed by atoms with Gasteiger partial charge < -0.3 is 29.6 Å². The molecule has 4 N–H and O–H groups in total. The van der Waals surface area contributed by atoms with Gasteiger partial charge in [0.05, 0.1) is 0 Å². The highest BCUT2D eigenvalue weighted by Gasteiger charge is 2.13. The van der Waals surface area contributed by atoms with Gasteiger partial charge in [-0.1, -0.05) is 0 Å². The van der Waals surface area contributed by atoms with Crippen molar-refractivity contribution in [1.29, 1.82) is 0 Å². The van der Waals surface area contributed by atoms with Crippen LogP contribution in [0.2, 0.25) is 0 Å². The zero-order chi connectivity index (χ0) is 25.2. The van der Waals surface area contributed by atoms with Gasteiger partial charge in [-0.05, 0) is 82.3 Å². The lowest BCUT2D eigenvalue weighted by Gasteiger charge is -2.10. The van der Waals surface area contributed by atoms with E-state index in [9.17, 15) is 19.8 Å². The van der Waals surface area contributed by atoms with E-state index in [0.717, 1.165) is 34.2 Å². The second kappa shape index (κ2) is 9.58. The van der Waals surface area contributed by atoms with Crippen molar-refractivity contribution in [3.63, 3.8) is 0 Å². The van der Waals surface area contributed by atoms with Crippen molar-refractivity contribution in [3.8, 4) is 22.9 Å². The van der Waals surface area contributed by atoms with Gasteiger partial charge >= 0.3 is 11.9 Å². The average Bonchev–Trinajstić information content (AvgIpc) is 3.28. The molecule has 0 aliphatic rings. The molecule has 0 saturated heterocycles. The number of phenols is 2. The molecule has 2 aromatic carbocycles. The Labute approximate surface area is 196 Å². The quantitative estimate of drug-likeness (QED) is 0.338. The lowest BCUT2D eigenvalue weighted by atomic mass is 10.1. The van der Waals surface area contributed by atoms with Crippen LogP contribution in [-0.4, -0.2) is 41.5 Å². The van der Waals surface area contributed by atoms with Gasteiger partial charge in [0.15, 0.2) is 0 Å². The normalized spacial score (nSPS) is 10.5. The predicted molar refractivity (Wildman–Crippen MR) is 128 cm³/mol. The molecule has 0 radical (unpaired) electrons. The number of carboxylic acid groups (broad SMARTS) is 2. The largest absolute Gasteiger partial charge is 0.507 e. The summed E-state index contributed by atoms with van der Waals surface area (Å²) in [6.07, 6.45) is 0. The Morgan fingerprint density at radius 2 is 0.971 bits per heavy atom. The van der Waals surface area contributed by atoms with Crippen LogP contribution >= 0.6 is 0 Å². The van der Waals surface area contributed by atoms with Crippen LogP contribution in [-0.2, 0) is 0 Å². The number of aryl methyl sites for hydroxylation is 4. The van der Waals surface area contributed by atoms with Crippen LogP contribution in [0.3, 0.4) is 0 Å². The fraction of sp³-hybridized carbons (Fsp3) is 0.154. The number of carboxylic acids is 2. The summed E-state index contributed by atoms with van der Waals surface area (Å²) in [6, 6.07) is 17.0. The van der Waals surface area contributed by atoms with E-state index in [1.165, 1.54) is 24.3 Å². The third-order valence-electron chi connectivity index (χ3n) is 5.48. The van der Waals surface area contributed by atoms with E-state index < -0.39 is 11.9 Å². The first-order chi connectivity index (χ1) is 16.0. The molecular formula is C26H26N2O6. The number of aromatic nitrogens is 2. The summed E-state index contributed by atoms with van der Waals surface area (Å²) >= 11 is 0. The summed E-state index contributed by atoms with van der Waals surface area (Å²) < 4.78 is 3.89. The van der Waals surface area contributed by atoms with E-state index >= 15 is 0 Å². The summed E-state index contributed by atoms with van der Waals surface area (Å²) in [5, 5.41) is 36.9. The maximum absolute atomic E-state index is 10.9. The van der Waals surface area contributed by atoms with E-state index in [0.29, 0.717) is 0 Å². The molecule has 0 unspecified atom stereocenters. The van der Waals surface area contributed by atoms with Gasteiger partial charge in [-0.25, -0.2) is 9.59 Å². The first-order valence-corrected chi connectivity index (χ1v) is 10.4. The lowest BCUT2D eigenvalue weighted by Crippen LogP contribution is -2.02. The molecule has 0 amide bonds. The van der Waals surface area contributed by atoms with Crippen molar-refractivity contribution in [2.45, 2.75) is 27.7 Å². The minimum atomic E-state index is -1.13. The molecule has 8 nitrogen and oxygen atoms in total. The second-order valence-electron chi connectivity index (χ2n) is 7.92. The van der Waals surface area contributed by atoms with Gasteiger partial charge in [0, 0.05) is 40.2 Å². The van der Waals surface area contributed by atoms with Crippen LogP contribution in [0.1, 0.15) is 43.5 Å². The number of rotatable bonds is 4. The Balaban J connectivity index is 0.000000191. The van der Waals surface area contributed by atoms with E-state index in [2.05, 4.69) is 0 Å². The number of hydrogen-bond acceptors (Lipinski definition) is 4. The van der Waals surface area contributed by atoms with Crippen LogP contribution in [0.4, 0.5) is 0 Å². The van der Waals surface area contributed by atoms with Gasteiger partial charge in [-0.2, -0.15) is 0 Å². The first-order valence-electron chi connectivity index (χ1n) is 10.4. The van der Waals surface area contributed by atoms with Crippen LogP contribution < -0.4 is 0 Å². The number of aromatic hydroxyl groups is 2. The highest BCUT2D eigenvalue weighted by molar-refractivity contribution is 5.91. The number of nitrogens with zero attached hydrogens (tertiary/aromatic N) is 2. The minimum absolute atomic E-state index is 0.0868. The molecule has 176 valence electrons. The number of aromatic carboxylic acids is 2. The Kier molecular flexibility index (Phi) is 6.81. The second-order valence-corrected chi connectivity index (χ2v) is 7.92. The van der Waals surface area contributed by atoms with Gasteiger partial charge in [-0.3, -0.25) is 0 Å². The van der Waals surface area contributed by atoms with E-state index in [4.69, 9.17) is 10.2 Å². The zero-order valence-corrected chi connectivity index (χ0v) is 19.3. The minimum Gasteiger partial charge on any atom is -0.507 e. The van der Waals surface area contributed by atoms with Crippen molar-refractivity contribution in [1.82, 2.24) is 9.13 Å². The van der Waals surface area contributed by atoms with Crippen molar-refractivity contribution in [2.75, 3.05) is 0 Å². The summed E-state index contributed by atoms with van der Waals surface area (Å²) in [4.78, 5) is 21.7. The molecule has 0 bridgehead atoms. The summed E-state index contributed by atoms with van der Waals surface area (Å²) in [6.45, 7) is 7.80. The molecule has 0 fully saturated rings. The Morgan fingerprint density at radius 1 is 0.559 bits per heavy atom. The predicted octanol–water partition coefficient (Wildman–Crippen LogP) is 5.00. The molecule has 0 saturated carbocycles. The topological polar surface area (TPSA) is 125 Å². The maximum Gasteiger partial charge on any atom is 0.339 e. The molecule has 2 aromatic heterocycles. The number of hydrogen-bond donors (Lipinski definition) is 4. The monoisotopic (exact) mass is 462 g/mol. The summed E-state index contributed by atoms with van der Waals surface area (Å²) in [5.41, 5.74) is 5.42. The SMILES string of the molecule is Cc1ccc(C)n1-c1ccc(C(=O)O)c(O)c1.Cc1ccc(C)n1-c1ccc(O)c(C(=O)O)c1. The molecule has 2 heterocycles.